The lowest BCUT2D eigenvalue weighted by Crippen LogP contribution is -2.51. The molecule has 6 amide bonds. The zero-order valence-electron chi connectivity index (χ0n) is 24.4. The summed E-state index contributed by atoms with van der Waals surface area (Å²) in [6.07, 6.45) is 3.92. The van der Waals surface area contributed by atoms with E-state index in [1.54, 1.807) is 38.1 Å². The number of ether oxygens (including phenoxy) is 1. The minimum Gasteiger partial charge on any atom is -0.445 e. The maximum Gasteiger partial charge on any atom is 0.407 e. The summed E-state index contributed by atoms with van der Waals surface area (Å²) in [6.45, 7) is 9.24. The molecule has 2 rings (SSSR count). The van der Waals surface area contributed by atoms with Gasteiger partial charge < -0.3 is 26.0 Å². The van der Waals surface area contributed by atoms with E-state index in [9.17, 15) is 28.8 Å². The normalized spacial score (nSPS) is 13.7. The molecule has 0 saturated carbocycles. The molecule has 0 radical (unpaired) electrons. The van der Waals surface area contributed by atoms with Crippen LogP contribution in [0, 0.1) is 5.92 Å². The number of amides is 6. The zero-order chi connectivity index (χ0) is 30.6. The second-order valence-corrected chi connectivity index (χ2v) is 11.2. The molecule has 0 aromatic heterocycles. The van der Waals surface area contributed by atoms with Crippen LogP contribution in [0.3, 0.4) is 0 Å². The molecule has 41 heavy (non-hydrogen) atoms. The van der Waals surface area contributed by atoms with Gasteiger partial charge in [-0.3, -0.25) is 28.9 Å². The number of alkyl carbamates (subject to hydrolysis) is 1. The van der Waals surface area contributed by atoms with Crippen molar-refractivity contribution >= 4 is 41.3 Å². The lowest BCUT2D eigenvalue weighted by molar-refractivity contribution is -0.137. The molecule has 0 saturated heterocycles. The van der Waals surface area contributed by atoms with E-state index in [1.807, 2.05) is 20.8 Å². The average Bonchev–Trinajstić information content (AvgIpc) is 3.21. The SMILES string of the molecule is CC(C)C(NC(=O)CCCCCN1C(=O)C=CC1=O)C(=O)NCC(=O)Nc1ccc(COC(=O)NC(C)(C)C)cc1. The van der Waals surface area contributed by atoms with E-state index in [0.29, 0.717) is 31.5 Å². The van der Waals surface area contributed by atoms with Gasteiger partial charge >= 0.3 is 6.09 Å². The predicted octanol–water partition coefficient (Wildman–Crippen LogP) is 2.39. The van der Waals surface area contributed by atoms with Crippen LogP contribution in [0.2, 0.25) is 0 Å². The standard InChI is InChI=1S/C29H41N5O7/c1-19(2)26(32-22(35)9-7-6-8-16-34-24(37)14-15-25(34)38)27(39)30-17-23(36)31-21-12-10-20(11-13-21)18-41-28(40)33-29(3,4)5/h10-15,19,26H,6-9,16-18H2,1-5H3,(H,30,39)(H,31,36)(H,32,35)(H,33,40). The summed E-state index contributed by atoms with van der Waals surface area (Å²) < 4.78 is 5.18. The molecule has 12 heteroatoms. The van der Waals surface area contributed by atoms with E-state index in [2.05, 4.69) is 21.3 Å². The number of rotatable bonds is 14. The van der Waals surface area contributed by atoms with Gasteiger partial charge in [0.1, 0.15) is 12.6 Å². The Morgan fingerprint density at radius 3 is 2.12 bits per heavy atom. The molecule has 0 bridgehead atoms. The monoisotopic (exact) mass is 571 g/mol. The van der Waals surface area contributed by atoms with Gasteiger partial charge in [0.25, 0.3) is 11.8 Å². The molecule has 0 fully saturated rings. The van der Waals surface area contributed by atoms with Crippen molar-refractivity contribution in [3.05, 3.63) is 42.0 Å². The number of carbonyl (C=O) groups excluding carboxylic acids is 6. The molecule has 1 aliphatic heterocycles. The number of hydrogen-bond acceptors (Lipinski definition) is 7. The Morgan fingerprint density at radius 1 is 0.902 bits per heavy atom. The fourth-order valence-corrected chi connectivity index (χ4v) is 3.82. The summed E-state index contributed by atoms with van der Waals surface area (Å²) in [4.78, 5) is 73.5. The molecule has 1 aromatic carbocycles. The summed E-state index contributed by atoms with van der Waals surface area (Å²) >= 11 is 0. The van der Waals surface area contributed by atoms with Gasteiger partial charge in [-0.2, -0.15) is 0 Å². The van der Waals surface area contributed by atoms with Gasteiger partial charge in [0, 0.05) is 36.3 Å². The first-order chi connectivity index (χ1) is 19.2. The number of imide groups is 1. The first kappa shape index (κ1) is 33.0. The third-order valence-corrected chi connectivity index (χ3v) is 5.96. The molecule has 1 aromatic rings. The third kappa shape index (κ3) is 12.2. The van der Waals surface area contributed by atoms with E-state index >= 15 is 0 Å². The van der Waals surface area contributed by atoms with Crippen molar-refractivity contribution in [3.63, 3.8) is 0 Å². The summed E-state index contributed by atoms with van der Waals surface area (Å²) in [5.41, 5.74) is 0.849. The van der Waals surface area contributed by atoms with Gasteiger partial charge in [0.05, 0.1) is 6.54 Å². The van der Waals surface area contributed by atoms with Crippen LogP contribution in [0.1, 0.15) is 65.9 Å². The van der Waals surface area contributed by atoms with Crippen LogP contribution < -0.4 is 21.3 Å². The van der Waals surface area contributed by atoms with E-state index in [-0.39, 0.29) is 43.2 Å². The molecular weight excluding hydrogens is 530 g/mol. The highest BCUT2D eigenvalue weighted by atomic mass is 16.5. The van der Waals surface area contributed by atoms with Gasteiger partial charge in [0.2, 0.25) is 17.7 Å². The second-order valence-electron chi connectivity index (χ2n) is 11.2. The molecule has 1 heterocycles. The van der Waals surface area contributed by atoms with Gasteiger partial charge in [-0.25, -0.2) is 4.79 Å². The first-order valence-electron chi connectivity index (χ1n) is 13.7. The van der Waals surface area contributed by atoms with Gasteiger partial charge in [-0.1, -0.05) is 32.4 Å². The van der Waals surface area contributed by atoms with E-state index < -0.39 is 29.5 Å². The molecule has 1 unspecified atom stereocenters. The summed E-state index contributed by atoms with van der Waals surface area (Å²) in [6, 6.07) is 5.94. The van der Waals surface area contributed by atoms with Crippen molar-refractivity contribution in [3.8, 4) is 0 Å². The quantitative estimate of drug-likeness (QED) is 0.197. The highest BCUT2D eigenvalue weighted by Crippen LogP contribution is 2.12. The van der Waals surface area contributed by atoms with Crippen LogP contribution in [-0.4, -0.2) is 65.2 Å². The Kier molecular flexibility index (Phi) is 12.5. The summed E-state index contributed by atoms with van der Waals surface area (Å²) in [5.74, 6) is -2.06. The average molecular weight is 572 g/mol. The molecule has 224 valence electrons. The third-order valence-electron chi connectivity index (χ3n) is 5.96. The van der Waals surface area contributed by atoms with Crippen LogP contribution in [0.25, 0.3) is 0 Å². The van der Waals surface area contributed by atoms with Crippen LogP contribution in [0.5, 0.6) is 0 Å². The molecule has 1 aliphatic rings. The van der Waals surface area contributed by atoms with Crippen molar-refractivity contribution < 1.29 is 33.5 Å². The number of nitrogens with one attached hydrogen (secondary N) is 4. The number of benzene rings is 1. The van der Waals surface area contributed by atoms with Gasteiger partial charge in [-0.05, 0) is 57.2 Å². The fourth-order valence-electron chi connectivity index (χ4n) is 3.82. The Hall–Kier alpha value is -4.22. The molecule has 1 atom stereocenters. The van der Waals surface area contributed by atoms with Crippen molar-refractivity contribution in [1.82, 2.24) is 20.9 Å². The van der Waals surface area contributed by atoms with Gasteiger partial charge in [0.15, 0.2) is 0 Å². The topological polar surface area (TPSA) is 163 Å². The smallest absolute Gasteiger partial charge is 0.407 e. The van der Waals surface area contributed by atoms with Crippen molar-refractivity contribution in [2.75, 3.05) is 18.4 Å². The summed E-state index contributed by atoms with van der Waals surface area (Å²) in [7, 11) is 0. The molecular formula is C29H41N5O7. The van der Waals surface area contributed by atoms with Crippen LogP contribution in [-0.2, 0) is 35.3 Å². The largest absolute Gasteiger partial charge is 0.445 e. The number of nitrogens with zero attached hydrogens (tertiary/aromatic N) is 1. The lowest BCUT2D eigenvalue weighted by Gasteiger charge is -2.21. The number of carbonyl (C=O) groups is 6. The van der Waals surface area contributed by atoms with Crippen molar-refractivity contribution in [2.24, 2.45) is 5.92 Å². The molecule has 12 nitrogen and oxygen atoms in total. The second kappa shape index (κ2) is 15.5. The number of anilines is 1. The van der Waals surface area contributed by atoms with E-state index in [1.165, 1.54) is 12.2 Å². The minimum atomic E-state index is -0.809. The Morgan fingerprint density at radius 2 is 1.54 bits per heavy atom. The first-order valence-corrected chi connectivity index (χ1v) is 13.7. The van der Waals surface area contributed by atoms with E-state index in [0.717, 1.165) is 10.5 Å². The molecule has 4 N–H and O–H groups in total. The number of hydrogen-bond donors (Lipinski definition) is 4. The van der Waals surface area contributed by atoms with E-state index in [4.69, 9.17) is 4.74 Å². The Labute approximate surface area is 240 Å². The lowest BCUT2D eigenvalue weighted by atomic mass is 10.0. The highest BCUT2D eigenvalue weighted by molar-refractivity contribution is 6.12. The maximum atomic E-state index is 12.7. The minimum absolute atomic E-state index is 0.0762. The number of unbranched alkanes of at least 4 members (excludes halogenated alkanes) is 2. The predicted molar refractivity (Wildman–Crippen MR) is 152 cm³/mol. The molecule has 0 aliphatic carbocycles. The van der Waals surface area contributed by atoms with Crippen molar-refractivity contribution in [2.45, 2.75) is 78.5 Å². The van der Waals surface area contributed by atoms with Crippen LogP contribution >= 0.6 is 0 Å². The highest BCUT2D eigenvalue weighted by Gasteiger charge is 2.25. The summed E-state index contributed by atoms with van der Waals surface area (Å²) in [5, 5.41) is 10.7. The molecule has 0 spiro atoms. The zero-order valence-corrected chi connectivity index (χ0v) is 24.4. The fraction of sp³-hybridized carbons (Fsp3) is 0.517. The maximum absolute atomic E-state index is 12.7. The Bertz CT molecular complexity index is 1120. The van der Waals surface area contributed by atoms with Crippen LogP contribution in [0.15, 0.2) is 36.4 Å². The van der Waals surface area contributed by atoms with Crippen LogP contribution in [0.4, 0.5) is 10.5 Å². The Balaban J connectivity index is 1.69. The van der Waals surface area contributed by atoms with Gasteiger partial charge in [-0.15, -0.1) is 0 Å². The van der Waals surface area contributed by atoms with Crippen molar-refractivity contribution in [1.29, 1.82) is 0 Å².